The number of carbonyl (C=O) groups is 1. The fraction of sp³-hybridized carbons (Fsp3) is 0.929. The lowest BCUT2D eigenvalue weighted by Gasteiger charge is -2.38. The summed E-state index contributed by atoms with van der Waals surface area (Å²) in [5.74, 6) is -0.00113. The minimum Gasteiger partial charge on any atom is -0.342 e. The summed E-state index contributed by atoms with van der Waals surface area (Å²) in [5, 5.41) is 0. The summed E-state index contributed by atoms with van der Waals surface area (Å²) in [7, 11) is 0. The van der Waals surface area contributed by atoms with Gasteiger partial charge in [-0.1, -0.05) is 6.42 Å². The normalized spacial score (nSPS) is 21.1. The van der Waals surface area contributed by atoms with E-state index in [0.29, 0.717) is 0 Å². The van der Waals surface area contributed by atoms with E-state index in [1.807, 2.05) is 4.90 Å². The molecule has 1 heterocycles. The third-order valence-corrected chi connectivity index (χ3v) is 4.32. The fourth-order valence-corrected chi connectivity index (χ4v) is 2.83. The van der Waals surface area contributed by atoms with Crippen LogP contribution in [0.5, 0.6) is 0 Å². The van der Waals surface area contributed by atoms with E-state index >= 15 is 0 Å². The van der Waals surface area contributed by atoms with Crippen LogP contribution in [0, 0.1) is 0 Å². The molecule has 2 fully saturated rings. The van der Waals surface area contributed by atoms with E-state index in [2.05, 4.69) is 0 Å². The lowest BCUT2D eigenvalue weighted by Crippen LogP contribution is -2.49. The monoisotopic (exact) mass is 292 g/mol. The minimum atomic E-state index is -4.14. The van der Waals surface area contributed by atoms with Crippen molar-refractivity contribution in [3.63, 3.8) is 0 Å². The van der Waals surface area contributed by atoms with Crippen LogP contribution in [-0.4, -0.2) is 54.1 Å². The average molecular weight is 292 g/mol. The highest BCUT2D eigenvalue weighted by Gasteiger charge is 2.33. The van der Waals surface area contributed by atoms with E-state index in [9.17, 15) is 18.0 Å². The number of alkyl halides is 3. The van der Waals surface area contributed by atoms with Crippen LogP contribution in [0.1, 0.15) is 44.9 Å². The van der Waals surface area contributed by atoms with Crippen molar-refractivity contribution in [1.82, 2.24) is 9.80 Å². The van der Waals surface area contributed by atoms with E-state index < -0.39 is 12.6 Å². The molecule has 1 aliphatic carbocycles. The van der Waals surface area contributed by atoms with Crippen LogP contribution < -0.4 is 0 Å². The van der Waals surface area contributed by atoms with E-state index in [1.165, 1.54) is 0 Å². The number of piperidine rings is 1. The van der Waals surface area contributed by atoms with Crippen LogP contribution in [0.15, 0.2) is 0 Å². The number of carbonyl (C=O) groups excluding carboxylic acids is 1. The smallest absolute Gasteiger partial charge is 0.342 e. The molecule has 3 nitrogen and oxygen atoms in total. The number of nitrogens with zero attached hydrogens (tertiary/aromatic N) is 2. The van der Waals surface area contributed by atoms with Gasteiger partial charge in [-0.15, -0.1) is 0 Å². The summed E-state index contributed by atoms with van der Waals surface area (Å²) in [5.41, 5.74) is 0. The molecule has 116 valence electrons. The summed E-state index contributed by atoms with van der Waals surface area (Å²) >= 11 is 0. The van der Waals surface area contributed by atoms with Crippen LogP contribution in [0.2, 0.25) is 0 Å². The molecular weight excluding hydrogens is 269 g/mol. The van der Waals surface area contributed by atoms with Gasteiger partial charge in [-0.3, -0.25) is 9.69 Å². The van der Waals surface area contributed by atoms with Crippen molar-refractivity contribution in [3.05, 3.63) is 0 Å². The summed E-state index contributed by atoms with van der Waals surface area (Å²) < 4.78 is 37.1. The molecule has 0 atom stereocenters. The Morgan fingerprint density at radius 3 is 2.25 bits per heavy atom. The van der Waals surface area contributed by atoms with Gasteiger partial charge in [-0.2, -0.15) is 13.2 Å². The van der Waals surface area contributed by atoms with Crippen LogP contribution in [0.4, 0.5) is 13.2 Å². The van der Waals surface area contributed by atoms with Crippen molar-refractivity contribution in [2.75, 3.05) is 26.2 Å². The van der Waals surface area contributed by atoms with Gasteiger partial charge in [-0.05, 0) is 32.1 Å². The number of halogens is 3. The van der Waals surface area contributed by atoms with Crippen LogP contribution in [0.25, 0.3) is 0 Å². The Balaban J connectivity index is 1.84. The molecule has 2 rings (SSSR count). The van der Waals surface area contributed by atoms with Crippen LogP contribution >= 0.6 is 0 Å². The first kappa shape index (κ1) is 15.6. The zero-order chi connectivity index (χ0) is 14.6. The van der Waals surface area contributed by atoms with Crippen molar-refractivity contribution in [3.8, 4) is 0 Å². The van der Waals surface area contributed by atoms with E-state index in [1.54, 1.807) is 4.90 Å². The van der Waals surface area contributed by atoms with Crippen molar-refractivity contribution >= 4 is 5.91 Å². The standard InChI is InChI=1S/C14H23F3N2O/c15-14(16,17)7-10-19(12-5-4-6-12)11-13(20)18-8-2-1-3-9-18/h12H,1-11H2. The van der Waals surface area contributed by atoms with Crippen LogP contribution in [0.3, 0.4) is 0 Å². The molecule has 0 unspecified atom stereocenters. The molecule has 6 heteroatoms. The molecule has 1 amide bonds. The summed E-state index contributed by atoms with van der Waals surface area (Å²) in [6.07, 6.45) is 1.11. The molecular formula is C14H23F3N2O. The maximum absolute atomic E-state index is 12.4. The Morgan fingerprint density at radius 1 is 1.10 bits per heavy atom. The van der Waals surface area contributed by atoms with Gasteiger partial charge in [0.15, 0.2) is 0 Å². The lowest BCUT2D eigenvalue weighted by molar-refractivity contribution is -0.145. The second kappa shape index (κ2) is 6.78. The van der Waals surface area contributed by atoms with Gasteiger partial charge in [0.25, 0.3) is 0 Å². The van der Waals surface area contributed by atoms with Gasteiger partial charge in [0.05, 0.1) is 13.0 Å². The summed E-state index contributed by atoms with van der Waals surface area (Å²) in [6, 6.07) is 0.172. The second-order valence-electron chi connectivity index (χ2n) is 5.86. The van der Waals surface area contributed by atoms with E-state index in [-0.39, 0.29) is 25.0 Å². The molecule has 0 aromatic carbocycles. The number of likely N-dealkylation sites (tertiary alicyclic amines) is 1. The third-order valence-electron chi connectivity index (χ3n) is 4.32. The predicted octanol–water partition coefficient (Wildman–Crippen LogP) is 2.81. The number of hydrogen-bond acceptors (Lipinski definition) is 2. The third kappa shape index (κ3) is 4.65. The Morgan fingerprint density at radius 2 is 1.75 bits per heavy atom. The summed E-state index contributed by atoms with van der Waals surface area (Å²) in [4.78, 5) is 15.7. The van der Waals surface area contributed by atoms with Crippen molar-refractivity contribution in [2.45, 2.75) is 57.2 Å². The molecule has 0 aromatic heterocycles. The largest absolute Gasteiger partial charge is 0.390 e. The lowest BCUT2D eigenvalue weighted by atomic mass is 9.91. The molecule has 0 bridgehead atoms. The molecule has 1 saturated heterocycles. The summed E-state index contributed by atoms with van der Waals surface area (Å²) in [6.45, 7) is 1.63. The van der Waals surface area contributed by atoms with Crippen LogP contribution in [-0.2, 0) is 4.79 Å². The highest BCUT2D eigenvalue weighted by molar-refractivity contribution is 5.78. The van der Waals surface area contributed by atoms with Gasteiger partial charge >= 0.3 is 6.18 Å². The maximum atomic E-state index is 12.4. The highest BCUT2D eigenvalue weighted by Crippen LogP contribution is 2.27. The highest BCUT2D eigenvalue weighted by atomic mass is 19.4. The Labute approximate surface area is 118 Å². The molecule has 1 aliphatic heterocycles. The zero-order valence-corrected chi connectivity index (χ0v) is 11.8. The molecule has 0 radical (unpaired) electrons. The first-order valence-electron chi connectivity index (χ1n) is 7.54. The molecule has 2 aliphatic rings. The first-order valence-corrected chi connectivity index (χ1v) is 7.54. The predicted molar refractivity (Wildman–Crippen MR) is 70.3 cm³/mol. The first-order chi connectivity index (χ1) is 9.46. The number of rotatable bonds is 5. The SMILES string of the molecule is O=C(CN(CCC(F)(F)F)C1CCC1)N1CCCCC1. The van der Waals surface area contributed by atoms with Gasteiger partial charge in [0.1, 0.15) is 0 Å². The zero-order valence-electron chi connectivity index (χ0n) is 11.8. The molecule has 0 aromatic rings. The Kier molecular flexibility index (Phi) is 5.29. The van der Waals surface area contributed by atoms with Gasteiger partial charge < -0.3 is 4.90 Å². The average Bonchev–Trinajstić information content (AvgIpc) is 2.34. The number of amides is 1. The quantitative estimate of drug-likeness (QED) is 0.778. The number of hydrogen-bond donors (Lipinski definition) is 0. The fourth-order valence-electron chi connectivity index (χ4n) is 2.83. The van der Waals surface area contributed by atoms with E-state index in [4.69, 9.17) is 0 Å². The van der Waals surface area contributed by atoms with Gasteiger partial charge in [0, 0.05) is 25.7 Å². The van der Waals surface area contributed by atoms with Crippen molar-refractivity contribution in [1.29, 1.82) is 0 Å². The molecule has 0 spiro atoms. The minimum absolute atomic E-state index is 0.00113. The van der Waals surface area contributed by atoms with Gasteiger partial charge in [0.2, 0.25) is 5.91 Å². The Hall–Kier alpha value is -0.780. The molecule has 1 saturated carbocycles. The van der Waals surface area contributed by atoms with Gasteiger partial charge in [-0.25, -0.2) is 0 Å². The molecule has 20 heavy (non-hydrogen) atoms. The maximum Gasteiger partial charge on any atom is 0.390 e. The molecule has 0 N–H and O–H groups in total. The second-order valence-corrected chi connectivity index (χ2v) is 5.86. The Bertz CT molecular complexity index is 323. The van der Waals surface area contributed by atoms with E-state index in [0.717, 1.165) is 51.6 Å². The van der Waals surface area contributed by atoms with Crippen molar-refractivity contribution in [2.24, 2.45) is 0 Å². The van der Waals surface area contributed by atoms with Crippen molar-refractivity contribution < 1.29 is 18.0 Å². The topological polar surface area (TPSA) is 23.6 Å².